The van der Waals surface area contributed by atoms with Gasteiger partial charge in [-0.1, -0.05) is 0 Å². The molecule has 0 spiro atoms. The van der Waals surface area contributed by atoms with Crippen LogP contribution in [0.25, 0.3) is 11.0 Å². The average Bonchev–Trinajstić information content (AvgIpc) is 2.84. The molecule has 5 nitrogen and oxygen atoms in total. The van der Waals surface area contributed by atoms with Crippen molar-refractivity contribution < 1.29 is 23.5 Å². The number of carboxylic acids is 1. The van der Waals surface area contributed by atoms with Gasteiger partial charge in [-0.05, 0) is 43.9 Å². The fourth-order valence-electron chi connectivity index (χ4n) is 3.13. The second kappa shape index (κ2) is 6.02. The zero-order valence-corrected chi connectivity index (χ0v) is 12.8. The molecule has 0 saturated carbocycles. The Morgan fingerprint density at radius 3 is 2.70 bits per heavy atom. The molecule has 1 saturated heterocycles. The summed E-state index contributed by atoms with van der Waals surface area (Å²) in [5, 5.41) is 9.44. The Kier molecular flexibility index (Phi) is 4.07. The lowest BCUT2D eigenvalue weighted by Crippen LogP contribution is -2.39. The molecule has 23 heavy (non-hydrogen) atoms. The third-order valence-corrected chi connectivity index (χ3v) is 4.46. The summed E-state index contributed by atoms with van der Waals surface area (Å²) in [6, 6.07) is 4.19. The Morgan fingerprint density at radius 1 is 1.35 bits per heavy atom. The number of hydrogen-bond acceptors (Lipinski definition) is 3. The number of nitrogens with zero attached hydrogens (tertiary/aromatic N) is 1. The number of fused-ring (bicyclic) bond motifs is 1. The molecule has 2 heterocycles. The first-order valence-electron chi connectivity index (χ1n) is 7.65. The van der Waals surface area contributed by atoms with E-state index in [9.17, 15) is 14.0 Å². The van der Waals surface area contributed by atoms with Crippen molar-refractivity contribution in [2.24, 2.45) is 5.92 Å². The van der Waals surface area contributed by atoms with Gasteiger partial charge in [0.05, 0.1) is 0 Å². The van der Waals surface area contributed by atoms with Gasteiger partial charge in [0.15, 0.2) is 5.76 Å². The summed E-state index contributed by atoms with van der Waals surface area (Å²) in [6.07, 6.45) is 1.49. The van der Waals surface area contributed by atoms with Gasteiger partial charge in [-0.2, -0.15) is 0 Å². The van der Waals surface area contributed by atoms with Gasteiger partial charge in [0.1, 0.15) is 11.4 Å². The minimum absolute atomic E-state index is 0.113. The zero-order chi connectivity index (χ0) is 16.6. The van der Waals surface area contributed by atoms with Crippen molar-refractivity contribution >= 4 is 22.8 Å². The first-order chi connectivity index (χ1) is 11.0. The van der Waals surface area contributed by atoms with E-state index in [1.807, 2.05) is 0 Å². The molecule has 1 aromatic carbocycles. The van der Waals surface area contributed by atoms with Crippen molar-refractivity contribution in [3.8, 4) is 0 Å². The molecule has 0 aliphatic carbocycles. The van der Waals surface area contributed by atoms with Crippen molar-refractivity contribution in [2.45, 2.75) is 26.2 Å². The number of hydrogen-bond donors (Lipinski definition) is 1. The Labute approximate surface area is 132 Å². The minimum Gasteiger partial charge on any atom is -0.481 e. The van der Waals surface area contributed by atoms with Gasteiger partial charge in [0, 0.05) is 30.5 Å². The lowest BCUT2D eigenvalue weighted by atomic mass is 9.93. The summed E-state index contributed by atoms with van der Waals surface area (Å²) in [5.41, 5.74) is 1.13. The summed E-state index contributed by atoms with van der Waals surface area (Å²) in [4.78, 5) is 25.1. The van der Waals surface area contributed by atoms with Gasteiger partial charge < -0.3 is 14.4 Å². The maximum Gasteiger partial charge on any atom is 0.303 e. The first kappa shape index (κ1) is 15.5. The number of aryl methyl sites for hydroxylation is 1. The smallest absolute Gasteiger partial charge is 0.303 e. The van der Waals surface area contributed by atoms with Crippen molar-refractivity contribution in [2.75, 3.05) is 13.1 Å². The van der Waals surface area contributed by atoms with Gasteiger partial charge in [-0.3, -0.25) is 9.59 Å². The lowest BCUT2D eigenvalue weighted by Gasteiger charge is -2.30. The third-order valence-electron chi connectivity index (χ3n) is 4.46. The highest BCUT2D eigenvalue weighted by Gasteiger charge is 2.28. The second-order valence-electron chi connectivity index (χ2n) is 6.03. The number of benzene rings is 1. The van der Waals surface area contributed by atoms with E-state index in [1.54, 1.807) is 11.8 Å². The Morgan fingerprint density at radius 2 is 2.04 bits per heavy atom. The van der Waals surface area contributed by atoms with Crippen LogP contribution < -0.4 is 0 Å². The number of likely N-dealkylation sites (tertiary alicyclic amines) is 1. The van der Waals surface area contributed by atoms with Crippen LogP contribution in [-0.4, -0.2) is 35.0 Å². The number of furan rings is 1. The van der Waals surface area contributed by atoms with Crippen LogP contribution in [-0.2, 0) is 4.79 Å². The molecule has 1 aliphatic heterocycles. The molecule has 0 bridgehead atoms. The number of carbonyl (C=O) groups is 2. The maximum atomic E-state index is 13.3. The van der Waals surface area contributed by atoms with E-state index in [1.165, 1.54) is 18.2 Å². The molecular weight excluding hydrogens is 301 g/mol. The number of halogens is 1. The van der Waals surface area contributed by atoms with Crippen LogP contribution in [0.2, 0.25) is 0 Å². The number of rotatable bonds is 3. The van der Waals surface area contributed by atoms with Gasteiger partial charge in [0.2, 0.25) is 0 Å². The predicted octanol–water partition coefficient (Wildman–Crippen LogP) is 3.21. The van der Waals surface area contributed by atoms with Gasteiger partial charge in [0.25, 0.3) is 5.91 Å². The summed E-state index contributed by atoms with van der Waals surface area (Å²) >= 11 is 0. The fourth-order valence-corrected chi connectivity index (χ4v) is 3.13. The molecule has 122 valence electrons. The molecule has 0 unspecified atom stereocenters. The van der Waals surface area contributed by atoms with E-state index in [0.717, 1.165) is 0 Å². The van der Waals surface area contributed by atoms with Crippen LogP contribution >= 0.6 is 0 Å². The highest BCUT2D eigenvalue weighted by Crippen LogP contribution is 2.28. The second-order valence-corrected chi connectivity index (χ2v) is 6.03. The molecule has 1 amide bonds. The topological polar surface area (TPSA) is 70.8 Å². The molecule has 1 aliphatic rings. The number of carboxylic acid groups (broad SMARTS) is 1. The monoisotopic (exact) mass is 319 g/mol. The Bertz CT molecular complexity index is 759. The van der Waals surface area contributed by atoms with E-state index in [4.69, 9.17) is 9.52 Å². The zero-order valence-electron chi connectivity index (χ0n) is 12.8. The number of piperidine rings is 1. The van der Waals surface area contributed by atoms with E-state index in [0.29, 0.717) is 42.5 Å². The average molecular weight is 319 g/mol. The van der Waals surface area contributed by atoms with Crippen LogP contribution in [0.3, 0.4) is 0 Å². The van der Waals surface area contributed by atoms with Crippen molar-refractivity contribution in [1.29, 1.82) is 0 Å². The molecule has 3 rings (SSSR count). The molecule has 6 heteroatoms. The van der Waals surface area contributed by atoms with Crippen molar-refractivity contribution in [1.82, 2.24) is 4.90 Å². The summed E-state index contributed by atoms with van der Waals surface area (Å²) < 4.78 is 19.0. The minimum atomic E-state index is -0.801. The number of amides is 1. The molecule has 0 atom stereocenters. The predicted molar refractivity (Wildman–Crippen MR) is 81.8 cm³/mol. The molecule has 1 N–H and O–H groups in total. The van der Waals surface area contributed by atoms with Crippen molar-refractivity contribution in [3.63, 3.8) is 0 Å². The molecular formula is C17H18FNO4. The largest absolute Gasteiger partial charge is 0.481 e. The van der Waals surface area contributed by atoms with E-state index in [2.05, 4.69) is 0 Å². The fraction of sp³-hybridized carbons (Fsp3) is 0.412. The summed E-state index contributed by atoms with van der Waals surface area (Å²) in [6.45, 7) is 2.78. The van der Waals surface area contributed by atoms with Crippen molar-refractivity contribution in [3.05, 3.63) is 35.3 Å². The molecule has 1 aromatic heterocycles. The normalized spacial score (nSPS) is 16.0. The van der Waals surface area contributed by atoms with E-state index in [-0.39, 0.29) is 29.8 Å². The Hall–Kier alpha value is -2.37. The molecule has 1 fully saturated rings. The number of carbonyl (C=O) groups excluding carboxylic acids is 1. The summed E-state index contributed by atoms with van der Waals surface area (Å²) in [7, 11) is 0. The van der Waals surface area contributed by atoms with Crippen LogP contribution in [0, 0.1) is 18.7 Å². The molecule has 2 aromatic rings. The number of aliphatic carboxylic acids is 1. The van der Waals surface area contributed by atoms with E-state index < -0.39 is 5.97 Å². The highest BCUT2D eigenvalue weighted by atomic mass is 19.1. The quantitative estimate of drug-likeness (QED) is 0.943. The van der Waals surface area contributed by atoms with Gasteiger partial charge in [-0.25, -0.2) is 4.39 Å². The van der Waals surface area contributed by atoms with Crippen LogP contribution in [0.4, 0.5) is 4.39 Å². The standard InChI is InChI=1S/C17H18FNO4/c1-10-13-9-12(18)2-3-14(13)23-16(10)17(22)19-6-4-11(5-7-19)8-15(20)21/h2-3,9,11H,4-8H2,1H3,(H,20,21). The van der Waals surface area contributed by atoms with Gasteiger partial charge >= 0.3 is 5.97 Å². The van der Waals surface area contributed by atoms with Crippen LogP contribution in [0.5, 0.6) is 0 Å². The highest BCUT2D eigenvalue weighted by molar-refractivity contribution is 5.99. The molecule has 0 radical (unpaired) electrons. The van der Waals surface area contributed by atoms with E-state index >= 15 is 0 Å². The first-order valence-corrected chi connectivity index (χ1v) is 7.65. The van der Waals surface area contributed by atoms with Gasteiger partial charge in [-0.15, -0.1) is 0 Å². The summed E-state index contributed by atoms with van der Waals surface area (Å²) in [5.74, 6) is -1.03. The lowest BCUT2D eigenvalue weighted by molar-refractivity contribution is -0.138. The van der Waals surface area contributed by atoms with Crippen LogP contribution in [0.15, 0.2) is 22.6 Å². The third kappa shape index (κ3) is 3.06. The Balaban J connectivity index is 1.76. The maximum absolute atomic E-state index is 13.3. The van der Waals surface area contributed by atoms with Crippen LogP contribution in [0.1, 0.15) is 35.4 Å². The SMILES string of the molecule is Cc1c(C(=O)N2CCC(CC(=O)O)CC2)oc2ccc(F)cc12.